The number of carbonyl (C=O) groups excluding carboxylic acids is 2. The van der Waals surface area contributed by atoms with Crippen LogP contribution in [0, 0.1) is 0 Å². The Balaban J connectivity index is 1.77. The fourth-order valence-electron chi connectivity index (χ4n) is 6.92. The molecule has 0 spiro atoms. The Bertz CT molecular complexity index is 1810. The number of benzene rings is 3. The Labute approximate surface area is 193 Å². The fourth-order valence-corrected chi connectivity index (χ4v) is 6.92. The first-order valence-corrected chi connectivity index (χ1v) is 11.6. The third-order valence-electron chi connectivity index (χ3n) is 8.42. The number of para-hydroxylation sites is 2. The van der Waals surface area contributed by atoms with Gasteiger partial charge in [-0.2, -0.15) is 0 Å². The van der Waals surface area contributed by atoms with Crippen molar-refractivity contribution in [1.29, 1.82) is 0 Å². The molecule has 1 amide bonds. The minimum absolute atomic E-state index is 0.0709. The molecule has 0 saturated carbocycles. The van der Waals surface area contributed by atoms with E-state index in [-0.39, 0.29) is 18.1 Å². The third-order valence-corrected chi connectivity index (χ3v) is 8.42. The van der Waals surface area contributed by atoms with E-state index in [2.05, 4.69) is 9.88 Å². The minimum atomic E-state index is -1.71. The number of aromatic nitrogens is 2. The van der Waals surface area contributed by atoms with Crippen LogP contribution in [0.4, 0.5) is 0 Å². The maximum Gasteiger partial charge on any atom is 0.252 e. The third kappa shape index (κ3) is 1.74. The second-order valence-electron chi connectivity index (χ2n) is 9.90. The number of carbonyl (C=O) groups is 2. The van der Waals surface area contributed by atoms with Crippen LogP contribution in [-0.2, 0) is 21.8 Å². The van der Waals surface area contributed by atoms with Crippen LogP contribution in [0.5, 0.6) is 0 Å². The van der Waals surface area contributed by atoms with Gasteiger partial charge < -0.3 is 24.3 Å². The molecule has 1 fully saturated rings. The summed E-state index contributed by atoms with van der Waals surface area (Å²) in [6.07, 6.45) is -0.436. The molecule has 8 rings (SSSR count). The highest BCUT2D eigenvalue weighted by molar-refractivity contribution is 6.31. The number of fused-ring (bicyclic) bond motifs is 13. The number of Topliss-reactive ketones (excluding diaryl/α,β-unsaturated/α-hetero) is 1. The van der Waals surface area contributed by atoms with Crippen LogP contribution in [0.15, 0.2) is 48.5 Å². The first-order chi connectivity index (χ1) is 16.4. The first kappa shape index (κ1) is 18.7. The molecule has 2 N–H and O–H groups in total. The summed E-state index contributed by atoms with van der Waals surface area (Å²) < 4.78 is 10.8. The first-order valence-electron chi connectivity index (χ1n) is 11.6. The Morgan fingerprint density at radius 3 is 2.47 bits per heavy atom. The number of nitrogens with zero attached hydrogens (tertiary/aromatic N) is 2. The molecule has 5 aromatic rings. The summed E-state index contributed by atoms with van der Waals surface area (Å²) in [6, 6.07) is 16.0. The van der Waals surface area contributed by atoms with Crippen molar-refractivity contribution in [2.45, 2.75) is 44.4 Å². The van der Waals surface area contributed by atoms with Crippen LogP contribution >= 0.6 is 0 Å². The zero-order valence-electron chi connectivity index (χ0n) is 18.7. The van der Waals surface area contributed by atoms with Gasteiger partial charge in [-0.1, -0.05) is 36.4 Å². The molecule has 34 heavy (non-hydrogen) atoms. The van der Waals surface area contributed by atoms with E-state index in [0.29, 0.717) is 12.1 Å². The lowest BCUT2D eigenvalue weighted by Gasteiger charge is -2.38. The van der Waals surface area contributed by atoms with Crippen molar-refractivity contribution in [3.8, 4) is 0 Å². The SMILES string of the molecule is CC(=O)[C@@]1(O)C[C@H]2O[C@]1(C)n1c3ccccc3c3c4c(c5c6ccccc6n2c5c31)C(=O)NC4. The zero-order valence-corrected chi connectivity index (χ0v) is 18.7. The lowest BCUT2D eigenvalue weighted by molar-refractivity contribution is -0.184. The van der Waals surface area contributed by atoms with Gasteiger partial charge in [0.15, 0.2) is 17.1 Å². The molecule has 2 aromatic heterocycles. The van der Waals surface area contributed by atoms with Gasteiger partial charge in [0.1, 0.15) is 6.23 Å². The van der Waals surface area contributed by atoms with Crippen molar-refractivity contribution in [3.05, 3.63) is 59.7 Å². The van der Waals surface area contributed by atoms with Gasteiger partial charge in [-0.05, 0) is 31.5 Å². The molecule has 3 atom stereocenters. The number of hydrogen-bond acceptors (Lipinski definition) is 4. The number of ether oxygens (including phenoxy) is 1. The van der Waals surface area contributed by atoms with E-state index >= 15 is 0 Å². The summed E-state index contributed by atoms with van der Waals surface area (Å²) in [7, 11) is 0. The molecule has 7 heteroatoms. The van der Waals surface area contributed by atoms with Gasteiger partial charge >= 0.3 is 0 Å². The second-order valence-corrected chi connectivity index (χ2v) is 9.90. The number of ketones is 1. The maximum atomic E-state index is 13.2. The van der Waals surface area contributed by atoms with Crippen LogP contribution < -0.4 is 5.32 Å². The van der Waals surface area contributed by atoms with Crippen LogP contribution in [0.3, 0.4) is 0 Å². The van der Waals surface area contributed by atoms with Gasteiger partial charge in [0.05, 0.1) is 27.6 Å². The van der Waals surface area contributed by atoms with Gasteiger partial charge in [-0.3, -0.25) is 9.59 Å². The summed E-state index contributed by atoms with van der Waals surface area (Å²) >= 11 is 0. The largest absolute Gasteiger partial charge is 0.377 e. The lowest BCUT2D eigenvalue weighted by Crippen LogP contribution is -2.55. The molecule has 0 aliphatic carbocycles. The Hall–Kier alpha value is -3.68. The van der Waals surface area contributed by atoms with E-state index in [4.69, 9.17) is 4.74 Å². The van der Waals surface area contributed by atoms with E-state index in [1.807, 2.05) is 60.0 Å². The second kappa shape index (κ2) is 5.51. The molecular formula is C27H21N3O4. The molecule has 0 unspecified atom stereocenters. The van der Waals surface area contributed by atoms with Crippen molar-refractivity contribution in [2.24, 2.45) is 0 Å². The van der Waals surface area contributed by atoms with E-state index in [1.54, 1.807) is 0 Å². The molecule has 0 radical (unpaired) electrons. The van der Waals surface area contributed by atoms with Crippen LogP contribution in [0.25, 0.3) is 43.6 Å². The Morgan fingerprint density at radius 2 is 1.74 bits per heavy atom. The molecule has 3 aromatic carbocycles. The van der Waals surface area contributed by atoms with Crippen LogP contribution in [0.1, 0.15) is 42.4 Å². The predicted octanol–water partition coefficient (Wildman–Crippen LogP) is 4.07. The number of amides is 1. The maximum absolute atomic E-state index is 13.2. The average molecular weight is 451 g/mol. The smallest absolute Gasteiger partial charge is 0.252 e. The van der Waals surface area contributed by atoms with E-state index < -0.39 is 17.6 Å². The predicted molar refractivity (Wildman–Crippen MR) is 128 cm³/mol. The van der Waals surface area contributed by atoms with E-state index in [0.717, 1.165) is 49.2 Å². The molecule has 7 nitrogen and oxygen atoms in total. The standard InChI is InChI=1S/C27H21N3O4/c1-13(31)27(33)11-19-29-17-9-5-3-7-14(17)21-22-16(12-28-25(22)32)20-15-8-4-6-10-18(15)30(24(20)23(21)29)26(27,2)34-19/h3-10,19,33H,11-12H2,1-2H3,(H,28,32)/t19-,26+,27+/m1/s1. The van der Waals surface area contributed by atoms with Gasteiger partial charge in [0.2, 0.25) is 0 Å². The van der Waals surface area contributed by atoms with Gasteiger partial charge in [-0.25, -0.2) is 0 Å². The summed E-state index contributed by atoms with van der Waals surface area (Å²) in [5, 5.41) is 18.8. The zero-order chi connectivity index (χ0) is 23.1. The monoisotopic (exact) mass is 451 g/mol. The number of nitrogens with one attached hydrogen (secondary N) is 1. The van der Waals surface area contributed by atoms with Crippen LogP contribution in [0.2, 0.25) is 0 Å². The summed E-state index contributed by atoms with van der Waals surface area (Å²) in [6.45, 7) is 3.69. The number of aliphatic hydroxyl groups is 1. The fraction of sp³-hybridized carbons (Fsp3) is 0.259. The van der Waals surface area contributed by atoms with Crippen molar-refractivity contribution in [2.75, 3.05) is 0 Å². The normalized spacial score (nSPS) is 27.3. The number of hydrogen-bond donors (Lipinski definition) is 2. The molecule has 2 bridgehead atoms. The van der Waals surface area contributed by atoms with Gasteiger partial charge in [0.25, 0.3) is 5.91 Å². The summed E-state index contributed by atoms with van der Waals surface area (Å²) in [4.78, 5) is 26.2. The average Bonchev–Trinajstić information content (AvgIpc) is 3.51. The number of rotatable bonds is 1. The van der Waals surface area contributed by atoms with Crippen molar-refractivity contribution in [1.82, 2.24) is 14.5 Å². The van der Waals surface area contributed by atoms with Crippen molar-refractivity contribution >= 4 is 55.3 Å². The van der Waals surface area contributed by atoms with E-state index in [9.17, 15) is 14.7 Å². The molecule has 3 aliphatic heterocycles. The molecule has 5 heterocycles. The molecule has 168 valence electrons. The highest BCUT2D eigenvalue weighted by Gasteiger charge is 2.63. The summed E-state index contributed by atoms with van der Waals surface area (Å²) in [5.74, 6) is -0.393. The van der Waals surface area contributed by atoms with Gasteiger partial charge in [0, 0.05) is 34.5 Å². The molecular weight excluding hydrogens is 430 g/mol. The van der Waals surface area contributed by atoms with Crippen molar-refractivity contribution in [3.63, 3.8) is 0 Å². The highest BCUT2D eigenvalue weighted by atomic mass is 16.6. The Morgan fingerprint density at radius 1 is 1.06 bits per heavy atom. The molecule has 3 aliphatic rings. The highest BCUT2D eigenvalue weighted by Crippen LogP contribution is 2.57. The van der Waals surface area contributed by atoms with Crippen molar-refractivity contribution < 1.29 is 19.4 Å². The molecule has 1 saturated heterocycles. The quantitative estimate of drug-likeness (QED) is 0.402. The van der Waals surface area contributed by atoms with E-state index in [1.165, 1.54) is 6.92 Å². The van der Waals surface area contributed by atoms with Gasteiger partial charge in [-0.15, -0.1) is 0 Å². The summed E-state index contributed by atoms with van der Waals surface area (Å²) in [5.41, 5.74) is 2.24. The lowest BCUT2D eigenvalue weighted by atomic mass is 9.85. The Kier molecular flexibility index (Phi) is 3.03. The van der Waals surface area contributed by atoms with Crippen LogP contribution in [-0.4, -0.2) is 31.5 Å². The minimum Gasteiger partial charge on any atom is -0.377 e. The topological polar surface area (TPSA) is 85.5 Å².